The molecule has 0 radical (unpaired) electrons. The fourth-order valence-electron chi connectivity index (χ4n) is 2.84. The van der Waals surface area contributed by atoms with Crippen molar-refractivity contribution in [1.29, 1.82) is 0 Å². The Labute approximate surface area is 129 Å². The Balaban J connectivity index is 2.27. The minimum atomic E-state index is -0.563. The van der Waals surface area contributed by atoms with Crippen molar-refractivity contribution in [3.05, 3.63) is 0 Å². The van der Waals surface area contributed by atoms with Gasteiger partial charge in [0.1, 0.15) is 5.54 Å². The average molecular weight is 300 g/mol. The van der Waals surface area contributed by atoms with Crippen LogP contribution in [-0.4, -0.2) is 62.9 Å². The van der Waals surface area contributed by atoms with E-state index < -0.39 is 5.54 Å². The molecule has 0 bridgehead atoms. The Hall–Kier alpha value is -0.650. The van der Waals surface area contributed by atoms with Crippen LogP contribution in [0.4, 0.5) is 0 Å². The van der Waals surface area contributed by atoms with Gasteiger partial charge in [0.05, 0.1) is 12.7 Å². The van der Waals surface area contributed by atoms with Crippen molar-refractivity contribution in [2.75, 3.05) is 40.4 Å². The smallest absolute Gasteiger partial charge is 0.326 e. The van der Waals surface area contributed by atoms with Gasteiger partial charge < -0.3 is 19.7 Å². The second-order valence-electron chi connectivity index (χ2n) is 6.06. The fourth-order valence-corrected chi connectivity index (χ4v) is 2.84. The van der Waals surface area contributed by atoms with Crippen molar-refractivity contribution in [2.45, 2.75) is 57.6 Å². The molecule has 1 N–H and O–H groups in total. The van der Waals surface area contributed by atoms with E-state index in [1.165, 1.54) is 19.4 Å². The molecule has 124 valence electrons. The molecule has 2 atom stereocenters. The van der Waals surface area contributed by atoms with E-state index in [1.54, 1.807) is 7.11 Å². The standard InChI is InChI=1S/C16H32N2O3/c1-5-21-15(19)16(2,17-3)10-6-7-11-18-12-8-9-14(13-18)20-4/h14,17H,5-13H2,1-4H3. The first kappa shape index (κ1) is 18.4. The Morgan fingerprint density at radius 1 is 1.43 bits per heavy atom. The normalized spacial score (nSPS) is 22.8. The fraction of sp³-hybridized carbons (Fsp3) is 0.938. The summed E-state index contributed by atoms with van der Waals surface area (Å²) < 4.78 is 10.6. The molecule has 0 aromatic heterocycles. The van der Waals surface area contributed by atoms with Crippen LogP contribution < -0.4 is 5.32 Å². The Morgan fingerprint density at radius 2 is 2.19 bits per heavy atom. The highest BCUT2D eigenvalue weighted by Gasteiger charge is 2.32. The highest BCUT2D eigenvalue weighted by molar-refractivity contribution is 5.80. The summed E-state index contributed by atoms with van der Waals surface area (Å²) in [6.45, 7) is 7.49. The van der Waals surface area contributed by atoms with Gasteiger partial charge >= 0.3 is 5.97 Å². The lowest BCUT2D eigenvalue weighted by atomic mass is 9.95. The highest BCUT2D eigenvalue weighted by atomic mass is 16.5. The van der Waals surface area contributed by atoms with Gasteiger partial charge in [-0.15, -0.1) is 0 Å². The van der Waals surface area contributed by atoms with Crippen molar-refractivity contribution in [1.82, 2.24) is 10.2 Å². The third-order valence-electron chi connectivity index (χ3n) is 4.47. The predicted molar refractivity (Wildman–Crippen MR) is 84.4 cm³/mol. The van der Waals surface area contributed by atoms with E-state index in [0.29, 0.717) is 12.7 Å². The van der Waals surface area contributed by atoms with Gasteiger partial charge in [-0.25, -0.2) is 0 Å². The second-order valence-corrected chi connectivity index (χ2v) is 6.06. The molecule has 2 unspecified atom stereocenters. The summed E-state index contributed by atoms with van der Waals surface area (Å²) in [6.07, 6.45) is 5.71. The largest absolute Gasteiger partial charge is 0.465 e. The molecule has 1 heterocycles. The van der Waals surface area contributed by atoms with Crippen LogP contribution in [0.1, 0.15) is 46.0 Å². The van der Waals surface area contributed by atoms with Crippen molar-refractivity contribution >= 4 is 5.97 Å². The van der Waals surface area contributed by atoms with Crippen molar-refractivity contribution < 1.29 is 14.3 Å². The maximum Gasteiger partial charge on any atom is 0.326 e. The quantitative estimate of drug-likeness (QED) is 0.520. The Kier molecular flexibility index (Phi) is 8.22. The summed E-state index contributed by atoms with van der Waals surface area (Å²) in [5.74, 6) is -0.148. The summed E-state index contributed by atoms with van der Waals surface area (Å²) >= 11 is 0. The molecular formula is C16H32N2O3. The van der Waals surface area contributed by atoms with Crippen LogP contribution >= 0.6 is 0 Å². The summed E-state index contributed by atoms with van der Waals surface area (Å²) in [4.78, 5) is 14.4. The molecule has 1 fully saturated rings. The number of ether oxygens (including phenoxy) is 2. The number of methoxy groups -OCH3 is 1. The number of esters is 1. The summed E-state index contributed by atoms with van der Waals surface area (Å²) in [7, 11) is 3.62. The molecule has 0 aliphatic carbocycles. The zero-order valence-corrected chi connectivity index (χ0v) is 14.1. The van der Waals surface area contributed by atoms with Crippen LogP contribution in [-0.2, 0) is 14.3 Å². The highest BCUT2D eigenvalue weighted by Crippen LogP contribution is 2.17. The Morgan fingerprint density at radius 3 is 2.81 bits per heavy atom. The lowest BCUT2D eigenvalue weighted by Gasteiger charge is -2.32. The van der Waals surface area contributed by atoms with Gasteiger partial charge in [-0.2, -0.15) is 0 Å². The predicted octanol–water partition coefficient (Wildman–Crippen LogP) is 1.81. The SMILES string of the molecule is CCOC(=O)C(C)(CCCCN1CCCC(OC)C1)NC. The van der Waals surface area contributed by atoms with Gasteiger partial charge in [0.2, 0.25) is 0 Å². The number of unbranched alkanes of at least 4 members (excludes halogenated alkanes) is 1. The van der Waals surface area contributed by atoms with Crippen LogP contribution in [0.2, 0.25) is 0 Å². The molecule has 1 saturated heterocycles. The van der Waals surface area contributed by atoms with Crippen LogP contribution in [0.5, 0.6) is 0 Å². The maximum absolute atomic E-state index is 12.0. The molecule has 1 aliphatic heterocycles. The number of nitrogens with one attached hydrogen (secondary N) is 1. The average Bonchev–Trinajstić information content (AvgIpc) is 2.51. The molecule has 0 aromatic carbocycles. The van der Waals surface area contributed by atoms with Crippen LogP contribution in [0, 0.1) is 0 Å². The van der Waals surface area contributed by atoms with E-state index in [2.05, 4.69) is 10.2 Å². The van der Waals surface area contributed by atoms with Gasteiger partial charge in [0.15, 0.2) is 0 Å². The maximum atomic E-state index is 12.0. The molecule has 0 saturated carbocycles. The molecule has 0 spiro atoms. The Bertz CT molecular complexity index is 312. The third kappa shape index (κ3) is 5.93. The number of carbonyl (C=O) groups is 1. The summed E-state index contributed by atoms with van der Waals surface area (Å²) in [5.41, 5.74) is -0.563. The van der Waals surface area contributed by atoms with Crippen LogP contribution in [0.3, 0.4) is 0 Å². The van der Waals surface area contributed by atoms with Crippen molar-refractivity contribution in [2.24, 2.45) is 0 Å². The van der Waals surface area contributed by atoms with E-state index in [-0.39, 0.29) is 5.97 Å². The number of rotatable bonds is 9. The second kappa shape index (κ2) is 9.38. The summed E-state index contributed by atoms with van der Waals surface area (Å²) in [5, 5.41) is 3.11. The van der Waals surface area contributed by atoms with E-state index >= 15 is 0 Å². The third-order valence-corrected chi connectivity index (χ3v) is 4.47. The van der Waals surface area contributed by atoms with E-state index in [0.717, 1.165) is 32.4 Å². The topological polar surface area (TPSA) is 50.8 Å². The van der Waals surface area contributed by atoms with Gasteiger partial charge in [0.25, 0.3) is 0 Å². The van der Waals surface area contributed by atoms with Crippen LogP contribution in [0.25, 0.3) is 0 Å². The minimum absolute atomic E-state index is 0.148. The van der Waals surface area contributed by atoms with Gasteiger partial charge in [-0.05, 0) is 66.1 Å². The molecule has 5 heteroatoms. The molecule has 0 amide bonds. The minimum Gasteiger partial charge on any atom is -0.465 e. The molecule has 5 nitrogen and oxygen atoms in total. The van der Waals surface area contributed by atoms with Crippen molar-refractivity contribution in [3.63, 3.8) is 0 Å². The number of hydrogen-bond donors (Lipinski definition) is 1. The van der Waals surface area contributed by atoms with E-state index in [4.69, 9.17) is 9.47 Å². The van der Waals surface area contributed by atoms with Gasteiger partial charge in [-0.1, -0.05) is 0 Å². The number of likely N-dealkylation sites (N-methyl/N-ethyl adjacent to an activating group) is 1. The lowest BCUT2D eigenvalue weighted by Crippen LogP contribution is -2.48. The van der Waals surface area contributed by atoms with E-state index in [1.807, 2.05) is 20.9 Å². The van der Waals surface area contributed by atoms with Gasteiger partial charge in [-0.3, -0.25) is 4.79 Å². The lowest BCUT2D eigenvalue weighted by molar-refractivity contribution is -0.150. The molecule has 21 heavy (non-hydrogen) atoms. The zero-order chi connectivity index (χ0) is 15.7. The number of hydrogen-bond acceptors (Lipinski definition) is 5. The monoisotopic (exact) mass is 300 g/mol. The van der Waals surface area contributed by atoms with E-state index in [9.17, 15) is 4.79 Å². The molecule has 0 aromatic rings. The zero-order valence-electron chi connectivity index (χ0n) is 14.1. The first-order valence-corrected chi connectivity index (χ1v) is 8.17. The number of nitrogens with zero attached hydrogens (tertiary/aromatic N) is 1. The van der Waals surface area contributed by atoms with Gasteiger partial charge in [0, 0.05) is 13.7 Å². The number of carbonyl (C=O) groups excluding carboxylic acids is 1. The molecule has 1 rings (SSSR count). The molecular weight excluding hydrogens is 268 g/mol. The summed E-state index contributed by atoms with van der Waals surface area (Å²) in [6, 6.07) is 0. The molecule has 1 aliphatic rings. The first-order valence-electron chi connectivity index (χ1n) is 8.17. The first-order chi connectivity index (χ1) is 10.1. The van der Waals surface area contributed by atoms with Crippen LogP contribution in [0.15, 0.2) is 0 Å². The number of likely N-dealkylation sites (tertiary alicyclic amines) is 1. The van der Waals surface area contributed by atoms with Crippen molar-refractivity contribution in [3.8, 4) is 0 Å². The number of piperidine rings is 1.